The molecule has 4 rings (SSSR count). The first kappa shape index (κ1) is 17.3. The van der Waals surface area contributed by atoms with Gasteiger partial charge in [0, 0.05) is 29.7 Å². The molecule has 2 N–H and O–H groups in total. The quantitative estimate of drug-likeness (QED) is 0.657. The highest BCUT2D eigenvalue weighted by Crippen LogP contribution is 2.44. The fourth-order valence-corrected chi connectivity index (χ4v) is 4.81. The number of esters is 1. The van der Waals surface area contributed by atoms with Gasteiger partial charge in [-0.05, 0) is 37.3 Å². The summed E-state index contributed by atoms with van der Waals surface area (Å²) in [5, 5.41) is 11.2. The third-order valence-electron chi connectivity index (χ3n) is 6.17. The lowest BCUT2D eigenvalue weighted by Crippen LogP contribution is -2.45. The number of fused-ring (bicyclic) bond motifs is 5. The summed E-state index contributed by atoms with van der Waals surface area (Å²) in [5.74, 6) is -0.808. The number of hydrogen-bond acceptors (Lipinski definition) is 4. The van der Waals surface area contributed by atoms with Crippen LogP contribution in [-0.2, 0) is 16.0 Å². The molecule has 2 aromatic rings. The largest absolute Gasteiger partial charge is 0.469 e. The molecule has 5 heteroatoms. The van der Waals surface area contributed by atoms with Crippen LogP contribution < -0.4 is 0 Å². The average molecular weight is 354 g/mol. The van der Waals surface area contributed by atoms with Crippen molar-refractivity contribution < 1.29 is 14.6 Å². The van der Waals surface area contributed by atoms with E-state index in [1.807, 2.05) is 6.92 Å². The van der Waals surface area contributed by atoms with E-state index in [9.17, 15) is 9.90 Å². The van der Waals surface area contributed by atoms with Crippen LogP contribution in [0.15, 0.2) is 35.9 Å². The van der Waals surface area contributed by atoms with Crippen molar-refractivity contribution in [2.24, 2.45) is 11.8 Å². The van der Waals surface area contributed by atoms with E-state index in [0.29, 0.717) is 0 Å². The summed E-state index contributed by atoms with van der Waals surface area (Å²) in [6.07, 6.45) is 3.96. The zero-order valence-corrected chi connectivity index (χ0v) is 15.4. The number of rotatable bonds is 3. The number of aliphatic hydroxyl groups is 1. The van der Waals surface area contributed by atoms with Crippen LogP contribution in [0.25, 0.3) is 10.9 Å². The van der Waals surface area contributed by atoms with Gasteiger partial charge in [0.1, 0.15) is 0 Å². The Hall–Kier alpha value is -2.11. The molecule has 1 saturated heterocycles. The maximum absolute atomic E-state index is 12.2. The number of aromatic amines is 1. The second kappa shape index (κ2) is 6.89. The number of allylic oxidation sites excluding steroid dienone is 1. The zero-order valence-electron chi connectivity index (χ0n) is 15.4. The van der Waals surface area contributed by atoms with Gasteiger partial charge in [0.05, 0.1) is 25.7 Å². The van der Waals surface area contributed by atoms with Crippen LogP contribution in [0.4, 0.5) is 0 Å². The Morgan fingerprint density at radius 3 is 3.00 bits per heavy atom. The number of H-pyrrole nitrogens is 1. The van der Waals surface area contributed by atoms with Crippen molar-refractivity contribution in [3.8, 4) is 0 Å². The van der Waals surface area contributed by atoms with Crippen LogP contribution >= 0.6 is 0 Å². The van der Waals surface area contributed by atoms with E-state index in [1.54, 1.807) is 0 Å². The van der Waals surface area contributed by atoms with Gasteiger partial charge in [0.2, 0.25) is 0 Å². The molecule has 1 aromatic heterocycles. The molecule has 0 saturated carbocycles. The van der Waals surface area contributed by atoms with E-state index in [-0.39, 0.29) is 24.5 Å². The Morgan fingerprint density at radius 2 is 2.27 bits per heavy atom. The van der Waals surface area contributed by atoms with Crippen LogP contribution in [0.3, 0.4) is 0 Å². The molecule has 1 aromatic carbocycles. The minimum atomic E-state index is -0.497. The van der Waals surface area contributed by atoms with Crippen LogP contribution in [0.2, 0.25) is 0 Å². The number of benzene rings is 1. The predicted octanol–water partition coefficient (Wildman–Crippen LogP) is 2.81. The molecule has 0 bridgehead atoms. The smallest absolute Gasteiger partial charge is 0.311 e. The van der Waals surface area contributed by atoms with Crippen molar-refractivity contribution in [3.05, 3.63) is 47.2 Å². The summed E-state index contributed by atoms with van der Waals surface area (Å²) in [6, 6.07) is 8.70. The first-order chi connectivity index (χ1) is 12.7. The van der Waals surface area contributed by atoms with E-state index in [1.165, 1.54) is 34.8 Å². The van der Waals surface area contributed by atoms with Crippen molar-refractivity contribution >= 4 is 16.9 Å². The summed E-state index contributed by atoms with van der Waals surface area (Å²) < 4.78 is 4.96. The number of piperidine rings is 1. The number of hydrogen-bond donors (Lipinski definition) is 2. The number of nitrogens with one attached hydrogen (secondary N) is 1. The van der Waals surface area contributed by atoms with Gasteiger partial charge in [-0.25, -0.2) is 0 Å². The van der Waals surface area contributed by atoms with Crippen LogP contribution in [-0.4, -0.2) is 47.8 Å². The van der Waals surface area contributed by atoms with Crippen LogP contribution in [0.5, 0.6) is 0 Å². The molecule has 2 aliphatic heterocycles. The molecular formula is C21H26N2O3. The Morgan fingerprint density at radius 1 is 1.46 bits per heavy atom. The maximum Gasteiger partial charge on any atom is 0.311 e. The monoisotopic (exact) mass is 354 g/mol. The standard InChI is InChI=1S/C21H26N2O3/c1-3-13-11-23-9-8-15-14-6-4-5-7-18(14)22-20(15)19(23)10-16(13)17(12-24)21(25)26-2/h3-7,16-17,19,22,24H,8-12H2,1-2H3/t16-,17-,19-/m0/s1. The Labute approximate surface area is 153 Å². The minimum Gasteiger partial charge on any atom is -0.469 e. The number of carbonyl (C=O) groups is 1. The molecule has 0 aliphatic carbocycles. The first-order valence-corrected chi connectivity index (χ1v) is 9.35. The van der Waals surface area contributed by atoms with E-state index in [2.05, 4.69) is 40.2 Å². The van der Waals surface area contributed by atoms with Crippen molar-refractivity contribution in [2.75, 3.05) is 26.8 Å². The van der Waals surface area contributed by atoms with Crippen molar-refractivity contribution in [1.82, 2.24) is 9.88 Å². The van der Waals surface area contributed by atoms with Crippen molar-refractivity contribution in [3.63, 3.8) is 0 Å². The predicted molar refractivity (Wildman–Crippen MR) is 101 cm³/mol. The lowest BCUT2D eigenvalue weighted by atomic mass is 9.75. The lowest BCUT2D eigenvalue weighted by molar-refractivity contribution is -0.149. The van der Waals surface area contributed by atoms with Gasteiger partial charge in [0.15, 0.2) is 0 Å². The molecule has 0 spiro atoms. The lowest BCUT2D eigenvalue weighted by Gasteiger charge is -2.45. The highest BCUT2D eigenvalue weighted by atomic mass is 16.5. The van der Waals surface area contributed by atoms with Gasteiger partial charge in [0.25, 0.3) is 0 Å². The van der Waals surface area contributed by atoms with Crippen molar-refractivity contribution in [2.45, 2.75) is 25.8 Å². The van der Waals surface area contributed by atoms with Gasteiger partial charge in [-0.15, -0.1) is 0 Å². The second-order valence-electron chi connectivity index (χ2n) is 7.32. The molecule has 3 atom stereocenters. The molecule has 3 heterocycles. The summed E-state index contributed by atoms with van der Waals surface area (Å²) in [5.41, 5.74) is 5.09. The third kappa shape index (κ3) is 2.66. The molecule has 0 radical (unpaired) electrons. The molecule has 2 aliphatic rings. The fourth-order valence-electron chi connectivity index (χ4n) is 4.81. The van der Waals surface area contributed by atoms with Crippen LogP contribution in [0, 0.1) is 11.8 Å². The summed E-state index contributed by atoms with van der Waals surface area (Å²) in [6.45, 7) is 3.70. The average Bonchev–Trinajstić information content (AvgIpc) is 3.07. The summed E-state index contributed by atoms with van der Waals surface area (Å²) in [7, 11) is 1.39. The molecule has 5 nitrogen and oxygen atoms in total. The van der Waals surface area contributed by atoms with E-state index < -0.39 is 5.92 Å². The van der Waals surface area contributed by atoms with Gasteiger partial charge in [-0.3, -0.25) is 9.69 Å². The topological polar surface area (TPSA) is 65.6 Å². The third-order valence-corrected chi connectivity index (χ3v) is 6.17. The Balaban J connectivity index is 1.73. The van der Waals surface area contributed by atoms with Gasteiger partial charge >= 0.3 is 5.97 Å². The summed E-state index contributed by atoms with van der Waals surface area (Å²) >= 11 is 0. The zero-order chi connectivity index (χ0) is 18.3. The first-order valence-electron chi connectivity index (χ1n) is 9.35. The molecular weight excluding hydrogens is 328 g/mol. The van der Waals surface area contributed by atoms with Crippen molar-refractivity contribution in [1.29, 1.82) is 0 Å². The SMILES string of the molecule is CC=C1CN2CCc3c([nH]c4ccccc34)[C@@H]2C[C@@H]1[C@H](CO)C(=O)OC. The molecule has 0 unspecified atom stereocenters. The maximum atomic E-state index is 12.2. The Bertz CT molecular complexity index is 854. The van der Waals surface area contributed by atoms with Crippen LogP contribution in [0.1, 0.15) is 30.6 Å². The summed E-state index contributed by atoms with van der Waals surface area (Å²) in [4.78, 5) is 18.3. The van der Waals surface area contributed by atoms with E-state index in [4.69, 9.17) is 4.74 Å². The highest BCUT2D eigenvalue weighted by molar-refractivity contribution is 5.85. The number of nitrogens with zero attached hydrogens (tertiary/aromatic N) is 1. The minimum absolute atomic E-state index is 0.0102. The van der Waals surface area contributed by atoms with Gasteiger partial charge in [-0.2, -0.15) is 0 Å². The molecule has 26 heavy (non-hydrogen) atoms. The second-order valence-corrected chi connectivity index (χ2v) is 7.32. The number of aromatic nitrogens is 1. The Kier molecular flexibility index (Phi) is 4.59. The van der Waals surface area contributed by atoms with E-state index in [0.717, 1.165) is 25.9 Å². The number of carbonyl (C=O) groups excluding carboxylic acids is 1. The number of aliphatic hydroxyl groups excluding tert-OH is 1. The molecule has 0 amide bonds. The molecule has 1 fully saturated rings. The number of methoxy groups -OCH3 is 1. The normalized spacial score (nSPS) is 25.7. The van der Waals surface area contributed by atoms with Gasteiger partial charge < -0.3 is 14.8 Å². The fraction of sp³-hybridized carbons (Fsp3) is 0.476. The highest BCUT2D eigenvalue weighted by Gasteiger charge is 2.42. The van der Waals surface area contributed by atoms with E-state index >= 15 is 0 Å². The number of para-hydroxylation sites is 1. The molecule has 138 valence electrons. The van der Waals surface area contributed by atoms with Gasteiger partial charge in [-0.1, -0.05) is 29.8 Å². The number of ether oxygens (including phenoxy) is 1.